The van der Waals surface area contributed by atoms with Crippen LogP contribution in [0.1, 0.15) is 11.7 Å². The number of hydrogen-bond acceptors (Lipinski definition) is 9. The van der Waals surface area contributed by atoms with Crippen LogP contribution in [-0.4, -0.2) is 40.2 Å². The van der Waals surface area contributed by atoms with Gasteiger partial charge < -0.3 is 39.1 Å². The third-order valence-electron chi connectivity index (χ3n) is 5.61. The Balaban J connectivity index is 1.56. The number of ether oxygens (including phenoxy) is 3. The lowest BCUT2D eigenvalue weighted by Crippen LogP contribution is -2.36. The zero-order valence-electron chi connectivity index (χ0n) is 17.9. The van der Waals surface area contributed by atoms with Crippen molar-refractivity contribution in [3.8, 4) is 45.8 Å². The van der Waals surface area contributed by atoms with Crippen molar-refractivity contribution >= 4 is 11.0 Å². The van der Waals surface area contributed by atoms with E-state index in [1.54, 1.807) is 30.3 Å². The van der Waals surface area contributed by atoms with E-state index in [4.69, 9.17) is 18.6 Å². The molecule has 1 aliphatic rings. The van der Waals surface area contributed by atoms with E-state index >= 15 is 0 Å². The third-order valence-corrected chi connectivity index (χ3v) is 5.61. The van der Waals surface area contributed by atoms with E-state index in [9.17, 15) is 25.2 Å². The van der Waals surface area contributed by atoms with Crippen LogP contribution in [0, 0.1) is 0 Å². The van der Waals surface area contributed by atoms with Crippen molar-refractivity contribution in [3.63, 3.8) is 0 Å². The number of phenolic OH excluding ortho intramolecular Hbond substituents is 3. The van der Waals surface area contributed by atoms with E-state index in [2.05, 4.69) is 0 Å². The van der Waals surface area contributed by atoms with Gasteiger partial charge in [-0.25, -0.2) is 0 Å². The van der Waals surface area contributed by atoms with Gasteiger partial charge in [0.2, 0.25) is 0 Å². The first kappa shape index (κ1) is 21.5. The van der Waals surface area contributed by atoms with E-state index in [1.165, 1.54) is 25.3 Å². The number of fused-ring (bicyclic) bond motifs is 2. The Kier molecular flexibility index (Phi) is 5.18. The standard InChI is InChI=1S/C25H20O9/c1-31-20-7-13(2-4-15(20)28)25-23(11-26)32-18-5-3-12(6-21(18)34-25)19-10-17(30)24-16(29)8-14(27)9-22(24)33-19/h2-10,23,25-29H,11H2,1H3/t23-,25-/m0/s1. The molecule has 0 fully saturated rings. The van der Waals surface area contributed by atoms with E-state index < -0.39 is 17.6 Å². The monoisotopic (exact) mass is 464 g/mol. The molecular weight excluding hydrogens is 444 g/mol. The summed E-state index contributed by atoms with van der Waals surface area (Å²) in [7, 11) is 1.43. The Morgan fingerprint density at radius 1 is 0.912 bits per heavy atom. The average Bonchev–Trinajstić information content (AvgIpc) is 2.82. The zero-order valence-corrected chi connectivity index (χ0v) is 17.9. The first-order chi connectivity index (χ1) is 16.4. The molecular formula is C25H20O9. The smallest absolute Gasteiger partial charge is 0.197 e. The molecule has 0 aliphatic carbocycles. The highest BCUT2D eigenvalue weighted by Gasteiger charge is 2.33. The number of rotatable bonds is 4. The van der Waals surface area contributed by atoms with Gasteiger partial charge in [-0.1, -0.05) is 6.07 Å². The molecule has 4 aromatic rings. The van der Waals surface area contributed by atoms with Crippen LogP contribution in [0.5, 0.6) is 34.5 Å². The van der Waals surface area contributed by atoms with Gasteiger partial charge in [0, 0.05) is 29.3 Å². The predicted molar refractivity (Wildman–Crippen MR) is 121 cm³/mol. The highest BCUT2D eigenvalue weighted by molar-refractivity contribution is 5.86. The van der Waals surface area contributed by atoms with E-state index in [-0.39, 0.29) is 46.3 Å². The Labute approximate surface area is 192 Å². The first-order valence-electron chi connectivity index (χ1n) is 10.3. The highest BCUT2D eigenvalue weighted by Crippen LogP contribution is 2.43. The number of benzene rings is 3. The second-order valence-corrected chi connectivity index (χ2v) is 7.78. The third kappa shape index (κ3) is 3.61. The van der Waals surface area contributed by atoms with Gasteiger partial charge in [-0.2, -0.15) is 0 Å². The molecule has 34 heavy (non-hydrogen) atoms. The van der Waals surface area contributed by atoms with Gasteiger partial charge in [-0.05, 0) is 30.3 Å². The summed E-state index contributed by atoms with van der Waals surface area (Å²) in [6, 6.07) is 13.2. The maximum Gasteiger partial charge on any atom is 0.197 e. The van der Waals surface area contributed by atoms with E-state index in [1.807, 2.05) is 0 Å². The Morgan fingerprint density at radius 3 is 2.50 bits per heavy atom. The van der Waals surface area contributed by atoms with Crippen LogP contribution < -0.4 is 19.6 Å². The van der Waals surface area contributed by atoms with Crippen molar-refractivity contribution in [3.05, 3.63) is 70.4 Å². The molecule has 2 atom stereocenters. The highest BCUT2D eigenvalue weighted by atomic mass is 16.6. The quantitative estimate of drug-likeness (QED) is 0.358. The second-order valence-electron chi connectivity index (χ2n) is 7.78. The van der Waals surface area contributed by atoms with E-state index in [0.717, 1.165) is 6.07 Å². The molecule has 3 aromatic carbocycles. The zero-order chi connectivity index (χ0) is 24.0. The van der Waals surface area contributed by atoms with Gasteiger partial charge in [0.1, 0.15) is 28.2 Å². The molecule has 0 radical (unpaired) electrons. The minimum absolute atomic E-state index is 0.0318. The van der Waals surface area contributed by atoms with Crippen molar-refractivity contribution in [1.82, 2.24) is 0 Å². The number of methoxy groups -OCH3 is 1. The topological polar surface area (TPSA) is 139 Å². The molecule has 174 valence electrons. The molecule has 4 N–H and O–H groups in total. The van der Waals surface area contributed by atoms with Crippen LogP contribution in [0.3, 0.4) is 0 Å². The van der Waals surface area contributed by atoms with Gasteiger partial charge >= 0.3 is 0 Å². The SMILES string of the molecule is COc1cc([C@@H]2Oc3cc(-c4cc(=O)c5c(O)cc(O)cc5o4)ccc3O[C@H]2CO)ccc1O. The molecule has 9 heteroatoms. The molecule has 1 aliphatic heterocycles. The van der Waals surface area contributed by atoms with Gasteiger partial charge in [-0.3, -0.25) is 4.79 Å². The molecule has 0 unspecified atom stereocenters. The van der Waals surface area contributed by atoms with Crippen LogP contribution in [0.4, 0.5) is 0 Å². The Morgan fingerprint density at radius 2 is 1.74 bits per heavy atom. The van der Waals surface area contributed by atoms with Crippen LogP contribution in [0.15, 0.2) is 63.8 Å². The molecule has 0 bridgehead atoms. The van der Waals surface area contributed by atoms with Crippen molar-refractivity contribution in [1.29, 1.82) is 0 Å². The lowest BCUT2D eigenvalue weighted by molar-refractivity contribution is -0.0123. The summed E-state index contributed by atoms with van der Waals surface area (Å²) in [4.78, 5) is 12.6. The fourth-order valence-electron chi connectivity index (χ4n) is 3.97. The predicted octanol–water partition coefficient (Wildman–Crippen LogP) is 3.46. The van der Waals surface area contributed by atoms with Gasteiger partial charge in [-0.15, -0.1) is 0 Å². The summed E-state index contributed by atoms with van der Waals surface area (Å²) in [6.45, 7) is -0.318. The fraction of sp³-hybridized carbons (Fsp3) is 0.160. The second kappa shape index (κ2) is 8.20. The molecule has 1 aromatic heterocycles. The first-order valence-corrected chi connectivity index (χ1v) is 10.3. The summed E-state index contributed by atoms with van der Waals surface area (Å²) in [5.74, 6) is 0.538. The lowest BCUT2D eigenvalue weighted by atomic mass is 10.0. The Bertz CT molecular complexity index is 1460. The van der Waals surface area contributed by atoms with Crippen LogP contribution in [-0.2, 0) is 0 Å². The molecule has 0 amide bonds. The molecule has 0 saturated carbocycles. The van der Waals surface area contributed by atoms with E-state index in [0.29, 0.717) is 22.6 Å². The van der Waals surface area contributed by atoms with Gasteiger partial charge in [0.25, 0.3) is 0 Å². The number of phenols is 3. The minimum atomic E-state index is -0.711. The van der Waals surface area contributed by atoms with Crippen LogP contribution in [0.2, 0.25) is 0 Å². The van der Waals surface area contributed by atoms with Crippen molar-refractivity contribution in [2.24, 2.45) is 0 Å². The molecule has 0 spiro atoms. The number of aliphatic hydroxyl groups excluding tert-OH is 1. The average molecular weight is 464 g/mol. The molecule has 5 rings (SSSR count). The Hall–Kier alpha value is -4.37. The van der Waals surface area contributed by atoms with Crippen molar-refractivity contribution in [2.45, 2.75) is 12.2 Å². The van der Waals surface area contributed by atoms with Gasteiger partial charge in [0.05, 0.1) is 13.7 Å². The van der Waals surface area contributed by atoms with Crippen LogP contribution in [0.25, 0.3) is 22.3 Å². The van der Waals surface area contributed by atoms with Crippen molar-refractivity contribution in [2.75, 3.05) is 13.7 Å². The molecule has 9 nitrogen and oxygen atoms in total. The lowest BCUT2D eigenvalue weighted by Gasteiger charge is -2.33. The fourth-order valence-corrected chi connectivity index (χ4v) is 3.97. The molecule has 0 saturated heterocycles. The van der Waals surface area contributed by atoms with Crippen molar-refractivity contribution < 1.29 is 39.1 Å². The maximum absolute atomic E-state index is 12.6. The summed E-state index contributed by atoms with van der Waals surface area (Å²) in [6.07, 6.45) is -1.42. The largest absolute Gasteiger partial charge is 0.508 e. The summed E-state index contributed by atoms with van der Waals surface area (Å²) < 4.78 is 23.0. The minimum Gasteiger partial charge on any atom is -0.508 e. The number of aliphatic hydroxyl groups is 1. The van der Waals surface area contributed by atoms with Crippen LogP contribution >= 0.6 is 0 Å². The number of aromatic hydroxyl groups is 3. The normalized spacial score (nSPS) is 17.0. The number of hydrogen-bond donors (Lipinski definition) is 4. The molecule has 2 heterocycles. The summed E-state index contributed by atoms with van der Waals surface area (Å²) >= 11 is 0. The summed E-state index contributed by atoms with van der Waals surface area (Å²) in [5.41, 5.74) is 0.670. The summed E-state index contributed by atoms with van der Waals surface area (Å²) in [5, 5.41) is 39.5. The van der Waals surface area contributed by atoms with Gasteiger partial charge in [0.15, 0.2) is 40.6 Å². The maximum atomic E-state index is 12.6.